The lowest BCUT2D eigenvalue weighted by Crippen LogP contribution is -2.30. The number of para-hydroxylation sites is 2. The quantitative estimate of drug-likeness (QED) is 0.702. The molecule has 0 bridgehead atoms. The zero-order chi connectivity index (χ0) is 17.5. The molecule has 0 spiro atoms. The van der Waals surface area contributed by atoms with Gasteiger partial charge in [-0.25, -0.2) is 0 Å². The van der Waals surface area contributed by atoms with Crippen molar-refractivity contribution < 1.29 is 14.3 Å². The SMILES string of the molecule is C[C@@H](Oc1ccccc1)C(=O)Nc1nnc(COc2ccccc2)s1. The molecule has 0 fully saturated rings. The number of anilines is 1. The molecule has 2 aromatic carbocycles. The summed E-state index contributed by atoms with van der Waals surface area (Å²) >= 11 is 1.27. The molecule has 3 rings (SSSR count). The van der Waals surface area contributed by atoms with E-state index in [1.165, 1.54) is 11.3 Å². The summed E-state index contributed by atoms with van der Waals surface area (Å²) in [5.74, 6) is 1.11. The number of benzene rings is 2. The summed E-state index contributed by atoms with van der Waals surface area (Å²) < 4.78 is 11.2. The van der Waals surface area contributed by atoms with Gasteiger partial charge in [0.05, 0.1) is 0 Å². The molecule has 0 radical (unpaired) electrons. The van der Waals surface area contributed by atoms with Gasteiger partial charge in [-0.3, -0.25) is 10.1 Å². The molecule has 6 nitrogen and oxygen atoms in total. The van der Waals surface area contributed by atoms with Crippen molar-refractivity contribution in [2.24, 2.45) is 0 Å². The van der Waals surface area contributed by atoms with Crippen LogP contribution in [0.15, 0.2) is 60.7 Å². The number of ether oxygens (including phenoxy) is 2. The minimum Gasteiger partial charge on any atom is -0.486 e. The molecule has 1 amide bonds. The van der Waals surface area contributed by atoms with Crippen LogP contribution in [0, 0.1) is 0 Å². The van der Waals surface area contributed by atoms with Gasteiger partial charge in [0.2, 0.25) is 5.13 Å². The molecule has 0 aliphatic rings. The Morgan fingerprint density at radius 1 is 1.04 bits per heavy atom. The molecule has 3 aromatic rings. The van der Waals surface area contributed by atoms with E-state index in [0.717, 1.165) is 5.75 Å². The fourth-order valence-electron chi connectivity index (χ4n) is 1.99. The second-order valence-electron chi connectivity index (χ2n) is 5.17. The number of aromatic nitrogens is 2. The topological polar surface area (TPSA) is 73.3 Å². The maximum atomic E-state index is 12.2. The van der Waals surface area contributed by atoms with E-state index in [1.807, 2.05) is 48.5 Å². The van der Waals surface area contributed by atoms with Crippen LogP contribution >= 0.6 is 11.3 Å². The molecule has 0 unspecified atom stereocenters. The molecule has 1 N–H and O–H groups in total. The number of amides is 1. The highest BCUT2D eigenvalue weighted by atomic mass is 32.1. The lowest BCUT2D eigenvalue weighted by molar-refractivity contribution is -0.122. The third-order valence-electron chi connectivity index (χ3n) is 3.23. The van der Waals surface area contributed by atoms with Gasteiger partial charge in [0, 0.05) is 0 Å². The molecule has 1 aromatic heterocycles. The van der Waals surface area contributed by atoms with Crippen LogP contribution in [0.4, 0.5) is 5.13 Å². The number of carbonyl (C=O) groups is 1. The summed E-state index contributed by atoms with van der Waals surface area (Å²) in [5.41, 5.74) is 0. The number of carbonyl (C=O) groups excluding carboxylic acids is 1. The predicted molar refractivity (Wildman–Crippen MR) is 95.8 cm³/mol. The number of hydrogen-bond donors (Lipinski definition) is 1. The minimum atomic E-state index is -0.643. The average Bonchev–Trinajstić information content (AvgIpc) is 3.09. The minimum absolute atomic E-state index is 0.282. The average molecular weight is 355 g/mol. The van der Waals surface area contributed by atoms with Gasteiger partial charge in [-0.1, -0.05) is 47.7 Å². The van der Waals surface area contributed by atoms with Gasteiger partial charge in [-0.05, 0) is 31.2 Å². The van der Waals surface area contributed by atoms with E-state index in [9.17, 15) is 4.79 Å². The summed E-state index contributed by atoms with van der Waals surface area (Å²) in [5, 5.41) is 11.8. The Morgan fingerprint density at radius 2 is 1.68 bits per heavy atom. The summed E-state index contributed by atoms with van der Waals surface area (Å²) in [6.07, 6.45) is -0.643. The predicted octanol–water partition coefficient (Wildman–Crippen LogP) is 3.52. The van der Waals surface area contributed by atoms with E-state index in [0.29, 0.717) is 22.5 Å². The molecule has 0 saturated carbocycles. The van der Waals surface area contributed by atoms with Crippen molar-refractivity contribution in [2.45, 2.75) is 19.6 Å². The highest BCUT2D eigenvalue weighted by molar-refractivity contribution is 7.15. The van der Waals surface area contributed by atoms with Crippen LogP contribution in [-0.2, 0) is 11.4 Å². The Bertz CT molecular complexity index is 809. The highest BCUT2D eigenvalue weighted by Gasteiger charge is 2.17. The van der Waals surface area contributed by atoms with Crippen molar-refractivity contribution in [3.8, 4) is 11.5 Å². The van der Waals surface area contributed by atoms with Gasteiger partial charge in [0.1, 0.15) is 18.1 Å². The summed E-state index contributed by atoms with van der Waals surface area (Å²) in [6.45, 7) is 1.98. The molecule has 1 heterocycles. The smallest absolute Gasteiger partial charge is 0.266 e. The fraction of sp³-hybridized carbons (Fsp3) is 0.167. The van der Waals surface area contributed by atoms with Crippen LogP contribution in [-0.4, -0.2) is 22.2 Å². The van der Waals surface area contributed by atoms with E-state index < -0.39 is 6.10 Å². The Hall–Kier alpha value is -2.93. The molecule has 1 atom stereocenters. The summed E-state index contributed by atoms with van der Waals surface area (Å²) in [4.78, 5) is 12.2. The number of hydrogen-bond acceptors (Lipinski definition) is 6. The van der Waals surface area contributed by atoms with Crippen molar-refractivity contribution in [3.63, 3.8) is 0 Å². The Morgan fingerprint density at radius 3 is 2.36 bits per heavy atom. The molecule has 0 saturated heterocycles. The first-order valence-corrected chi connectivity index (χ1v) is 8.55. The highest BCUT2D eigenvalue weighted by Crippen LogP contribution is 2.19. The van der Waals surface area contributed by atoms with E-state index in [-0.39, 0.29) is 5.91 Å². The fourth-order valence-corrected chi connectivity index (χ4v) is 2.64. The first-order chi connectivity index (χ1) is 12.2. The zero-order valence-corrected chi connectivity index (χ0v) is 14.4. The van der Waals surface area contributed by atoms with Crippen LogP contribution < -0.4 is 14.8 Å². The van der Waals surface area contributed by atoms with Gasteiger partial charge in [0.15, 0.2) is 11.1 Å². The van der Waals surface area contributed by atoms with Gasteiger partial charge in [-0.2, -0.15) is 0 Å². The van der Waals surface area contributed by atoms with Crippen LogP contribution in [0.25, 0.3) is 0 Å². The molecule has 7 heteroatoms. The normalized spacial score (nSPS) is 11.6. The Balaban J connectivity index is 1.51. The second-order valence-corrected chi connectivity index (χ2v) is 6.23. The lowest BCUT2D eigenvalue weighted by Gasteiger charge is -2.13. The van der Waals surface area contributed by atoms with Crippen molar-refractivity contribution >= 4 is 22.4 Å². The maximum absolute atomic E-state index is 12.2. The third-order valence-corrected chi connectivity index (χ3v) is 4.04. The molecule has 0 aliphatic carbocycles. The van der Waals surface area contributed by atoms with Crippen molar-refractivity contribution in [1.29, 1.82) is 0 Å². The molecular weight excluding hydrogens is 338 g/mol. The van der Waals surface area contributed by atoms with Crippen LogP contribution in [0.2, 0.25) is 0 Å². The monoisotopic (exact) mass is 355 g/mol. The van der Waals surface area contributed by atoms with Crippen LogP contribution in [0.1, 0.15) is 11.9 Å². The van der Waals surface area contributed by atoms with Gasteiger partial charge < -0.3 is 9.47 Å². The molecule has 0 aliphatic heterocycles. The number of rotatable bonds is 7. The van der Waals surface area contributed by atoms with Crippen LogP contribution in [0.5, 0.6) is 11.5 Å². The van der Waals surface area contributed by atoms with Crippen molar-refractivity contribution in [2.75, 3.05) is 5.32 Å². The number of nitrogens with one attached hydrogen (secondary N) is 1. The molecular formula is C18H17N3O3S. The largest absolute Gasteiger partial charge is 0.486 e. The first-order valence-electron chi connectivity index (χ1n) is 7.73. The summed E-state index contributed by atoms with van der Waals surface area (Å²) in [7, 11) is 0. The van der Waals surface area contributed by atoms with Gasteiger partial charge in [0.25, 0.3) is 5.91 Å². The van der Waals surface area contributed by atoms with E-state index in [4.69, 9.17) is 9.47 Å². The second kappa shape index (κ2) is 8.25. The maximum Gasteiger partial charge on any atom is 0.266 e. The third kappa shape index (κ3) is 5.02. The van der Waals surface area contributed by atoms with E-state index in [2.05, 4.69) is 15.5 Å². The number of nitrogens with zero attached hydrogens (tertiary/aromatic N) is 2. The molecule has 128 valence electrons. The van der Waals surface area contributed by atoms with Crippen molar-refractivity contribution in [1.82, 2.24) is 10.2 Å². The van der Waals surface area contributed by atoms with Crippen molar-refractivity contribution in [3.05, 3.63) is 65.7 Å². The zero-order valence-electron chi connectivity index (χ0n) is 13.6. The Labute approximate surface area is 149 Å². The summed E-state index contributed by atoms with van der Waals surface area (Å²) in [6, 6.07) is 18.6. The standard InChI is InChI=1S/C18H17N3O3S/c1-13(24-15-10-6-3-7-11-15)17(22)19-18-21-20-16(25-18)12-23-14-8-4-2-5-9-14/h2-11,13H,12H2,1H3,(H,19,21,22)/t13-/m1/s1. The van der Waals surface area contributed by atoms with Crippen LogP contribution in [0.3, 0.4) is 0 Å². The first kappa shape index (κ1) is 16.9. The lowest BCUT2D eigenvalue weighted by atomic mass is 10.3. The van der Waals surface area contributed by atoms with Gasteiger partial charge >= 0.3 is 0 Å². The Kier molecular flexibility index (Phi) is 5.58. The van der Waals surface area contributed by atoms with Gasteiger partial charge in [-0.15, -0.1) is 10.2 Å². The van der Waals surface area contributed by atoms with E-state index in [1.54, 1.807) is 19.1 Å². The molecule has 25 heavy (non-hydrogen) atoms. The van der Waals surface area contributed by atoms with E-state index >= 15 is 0 Å².